The number of hydrogen-bond acceptors (Lipinski definition) is 4. The van der Waals surface area contributed by atoms with Crippen LogP contribution in [0.25, 0.3) is 0 Å². The smallest absolute Gasteiger partial charge is 0.437 e. The van der Waals surface area contributed by atoms with Gasteiger partial charge in [0.15, 0.2) is 10.8 Å². The SMILES string of the molecule is CCC(CC(C)(C(=O)OC(C1CCC(C(C)(C(F)(F)F)C(F)(F)F)CC1)(C(F)(F)F)C(F)(F)F)C(F)(F)F)(C(OO)C12CC3CC(CC(C3)C1)C2)C(F)(F)F. The molecule has 5 aliphatic carbocycles. The molecule has 0 saturated heterocycles. The third kappa shape index (κ3) is 7.17. The molecular weight excluding hydrogens is 802 g/mol. The van der Waals surface area contributed by atoms with E-state index in [9.17, 15) is 62.7 Å². The van der Waals surface area contributed by atoms with E-state index in [1.807, 2.05) is 0 Å². The van der Waals surface area contributed by atoms with Crippen molar-refractivity contribution in [2.45, 2.75) is 147 Å². The van der Waals surface area contributed by atoms with E-state index in [0.717, 1.165) is 0 Å². The molecule has 0 amide bonds. The summed E-state index contributed by atoms with van der Waals surface area (Å²) in [6.45, 7) is -0.0704. The highest BCUT2D eigenvalue weighted by Gasteiger charge is 2.80. The van der Waals surface area contributed by atoms with Crippen LogP contribution < -0.4 is 0 Å². The summed E-state index contributed by atoms with van der Waals surface area (Å²) in [5.41, 5.74) is -21.2. The van der Waals surface area contributed by atoms with Crippen LogP contribution in [-0.4, -0.2) is 60.0 Å². The summed E-state index contributed by atoms with van der Waals surface area (Å²) in [6.07, 6.45) is -50.6. The molecule has 55 heavy (non-hydrogen) atoms. The molecule has 5 saturated carbocycles. The normalized spacial score (nSPS) is 31.5. The fourth-order valence-corrected chi connectivity index (χ4v) is 10.9. The fraction of sp³-hybridized carbons (Fsp3) is 0.970. The van der Waals surface area contributed by atoms with Gasteiger partial charge >= 0.3 is 48.6 Å². The van der Waals surface area contributed by atoms with Crippen LogP contribution in [0.2, 0.25) is 0 Å². The molecule has 0 aromatic rings. The Kier molecular flexibility index (Phi) is 11.6. The standard InChI is InChI=1S/C33H40F18O4/c1-4-26(31(43,44)45,21(55-53)25-12-16-9-17(13-25)11-18(10-16)14-25)15-23(2,28(34,35)36)22(52)54-27(32(46,47)48,33(49,50)51)20-7-5-19(6-8-20)24(3,29(37,38)39)30(40,41)42/h16-21,53H,4-15H2,1-3H3. The van der Waals surface area contributed by atoms with Gasteiger partial charge in [-0.2, -0.15) is 79.0 Å². The first kappa shape index (κ1) is 45.8. The molecule has 4 bridgehead atoms. The van der Waals surface area contributed by atoms with Crippen molar-refractivity contribution in [1.29, 1.82) is 0 Å². The van der Waals surface area contributed by atoms with Crippen molar-refractivity contribution in [3.63, 3.8) is 0 Å². The van der Waals surface area contributed by atoms with Crippen molar-refractivity contribution in [2.75, 3.05) is 0 Å². The van der Waals surface area contributed by atoms with E-state index in [0.29, 0.717) is 26.2 Å². The van der Waals surface area contributed by atoms with Crippen molar-refractivity contribution in [3.05, 3.63) is 0 Å². The summed E-state index contributed by atoms with van der Waals surface area (Å²) in [7, 11) is 0. The van der Waals surface area contributed by atoms with E-state index in [1.165, 1.54) is 0 Å². The average molecular weight is 843 g/mol. The van der Waals surface area contributed by atoms with Crippen molar-refractivity contribution in [3.8, 4) is 0 Å². The molecule has 3 atom stereocenters. The molecule has 0 aromatic carbocycles. The predicted octanol–water partition coefficient (Wildman–Crippen LogP) is 12.3. The number of hydrogen-bond donors (Lipinski definition) is 1. The predicted molar refractivity (Wildman–Crippen MR) is 152 cm³/mol. The van der Waals surface area contributed by atoms with Crippen molar-refractivity contribution >= 4 is 5.97 Å². The van der Waals surface area contributed by atoms with E-state index in [1.54, 1.807) is 0 Å². The number of alkyl halides is 18. The van der Waals surface area contributed by atoms with Gasteiger partial charge in [-0.3, -0.25) is 10.1 Å². The minimum Gasteiger partial charge on any atom is -0.438 e. The number of esters is 1. The Morgan fingerprint density at radius 2 is 1.00 bits per heavy atom. The van der Waals surface area contributed by atoms with Crippen LogP contribution in [-0.2, 0) is 14.4 Å². The molecule has 5 fully saturated rings. The minimum atomic E-state index is -6.95. The Bertz CT molecular complexity index is 1320. The summed E-state index contributed by atoms with van der Waals surface area (Å²) >= 11 is 0. The molecule has 5 rings (SSSR count). The van der Waals surface area contributed by atoms with Crippen LogP contribution in [0.15, 0.2) is 0 Å². The van der Waals surface area contributed by atoms with E-state index in [-0.39, 0.29) is 43.9 Å². The number of carbonyl (C=O) groups is 1. The molecule has 22 heteroatoms. The third-order valence-electron chi connectivity index (χ3n) is 13.6. The fourth-order valence-electron chi connectivity index (χ4n) is 10.9. The van der Waals surface area contributed by atoms with Gasteiger partial charge in [-0.05, 0) is 115 Å². The average Bonchev–Trinajstić information content (AvgIpc) is 2.98. The molecule has 3 unspecified atom stereocenters. The second-order valence-electron chi connectivity index (χ2n) is 16.6. The number of carbonyl (C=O) groups excluding carboxylic acids is 1. The first-order valence-corrected chi connectivity index (χ1v) is 17.5. The van der Waals surface area contributed by atoms with Crippen LogP contribution in [0.3, 0.4) is 0 Å². The molecule has 0 heterocycles. The zero-order valence-corrected chi connectivity index (χ0v) is 29.4. The van der Waals surface area contributed by atoms with Gasteiger partial charge < -0.3 is 4.74 Å². The zero-order chi connectivity index (χ0) is 42.4. The van der Waals surface area contributed by atoms with Gasteiger partial charge in [0.05, 0.1) is 5.41 Å². The lowest BCUT2D eigenvalue weighted by Crippen LogP contribution is -2.67. The van der Waals surface area contributed by atoms with Crippen LogP contribution in [0, 0.1) is 51.2 Å². The van der Waals surface area contributed by atoms with Crippen LogP contribution in [0.1, 0.15) is 97.8 Å². The van der Waals surface area contributed by atoms with Gasteiger partial charge in [-0.1, -0.05) is 6.92 Å². The Morgan fingerprint density at radius 3 is 1.29 bits per heavy atom. The Hall–Kier alpha value is -1.87. The van der Waals surface area contributed by atoms with Crippen LogP contribution in [0.4, 0.5) is 79.0 Å². The first-order chi connectivity index (χ1) is 24.5. The zero-order valence-electron chi connectivity index (χ0n) is 29.4. The minimum absolute atomic E-state index is 0.0775. The first-order valence-electron chi connectivity index (χ1n) is 17.5. The Labute approximate surface area is 302 Å². The molecule has 0 radical (unpaired) electrons. The maximum Gasteiger partial charge on any atom is 0.437 e. The molecular formula is C33H40F18O4. The summed E-state index contributed by atoms with van der Waals surface area (Å²) in [6, 6.07) is 0. The number of halogens is 18. The van der Waals surface area contributed by atoms with Crippen molar-refractivity contribution in [2.24, 2.45) is 51.2 Å². The lowest BCUT2D eigenvalue weighted by Gasteiger charge is -2.62. The maximum atomic E-state index is 15.4. The summed E-state index contributed by atoms with van der Waals surface area (Å²) in [4.78, 5) is 17.9. The Balaban J connectivity index is 1.81. The topological polar surface area (TPSA) is 55.8 Å². The van der Waals surface area contributed by atoms with Gasteiger partial charge in [-0.15, -0.1) is 0 Å². The Morgan fingerprint density at radius 1 is 0.618 bits per heavy atom. The summed E-state index contributed by atoms with van der Waals surface area (Å²) in [5.74, 6) is -10.2. The lowest BCUT2D eigenvalue weighted by atomic mass is 9.45. The summed E-state index contributed by atoms with van der Waals surface area (Å²) < 4.78 is 265. The van der Waals surface area contributed by atoms with E-state index in [2.05, 4.69) is 9.62 Å². The van der Waals surface area contributed by atoms with Gasteiger partial charge in [0.25, 0.3) is 0 Å². The molecule has 322 valence electrons. The molecule has 0 aromatic heterocycles. The van der Waals surface area contributed by atoms with Crippen molar-refractivity contribution < 1.29 is 98.7 Å². The third-order valence-corrected chi connectivity index (χ3v) is 13.6. The van der Waals surface area contributed by atoms with Gasteiger partial charge in [0.1, 0.15) is 6.10 Å². The van der Waals surface area contributed by atoms with Crippen LogP contribution in [0.5, 0.6) is 0 Å². The molecule has 5 aliphatic rings. The summed E-state index contributed by atoms with van der Waals surface area (Å²) in [5, 5.41) is 10.1. The quantitative estimate of drug-likeness (QED) is 0.103. The van der Waals surface area contributed by atoms with E-state index < -0.39 is 134 Å². The van der Waals surface area contributed by atoms with Gasteiger partial charge in [-0.25, -0.2) is 4.89 Å². The monoisotopic (exact) mass is 842 g/mol. The van der Waals surface area contributed by atoms with E-state index >= 15 is 26.3 Å². The molecule has 4 nitrogen and oxygen atoms in total. The van der Waals surface area contributed by atoms with Gasteiger partial charge in [0.2, 0.25) is 0 Å². The van der Waals surface area contributed by atoms with Crippen molar-refractivity contribution in [1.82, 2.24) is 0 Å². The molecule has 1 N–H and O–H groups in total. The molecule has 0 aliphatic heterocycles. The van der Waals surface area contributed by atoms with Crippen LogP contribution >= 0.6 is 0 Å². The maximum absolute atomic E-state index is 15.4. The molecule has 0 spiro atoms. The highest BCUT2D eigenvalue weighted by molar-refractivity contribution is 5.78. The van der Waals surface area contributed by atoms with E-state index in [4.69, 9.17) is 0 Å². The second-order valence-corrected chi connectivity index (χ2v) is 16.6. The van der Waals surface area contributed by atoms with Gasteiger partial charge in [0, 0.05) is 11.3 Å². The largest absolute Gasteiger partial charge is 0.438 e. The second kappa shape index (κ2) is 13.9. The number of rotatable bonds is 10. The number of ether oxygens (including phenoxy) is 1. The lowest BCUT2D eigenvalue weighted by molar-refractivity contribution is -0.403. The highest BCUT2D eigenvalue weighted by atomic mass is 19.4. The highest BCUT2D eigenvalue weighted by Crippen LogP contribution is 2.69.